The van der Waals surface area contributed by atoms with Gasteiger partial charge in [-0.2, -0.15) is 13.2 Å². The molecule has 0 aromatic rings. The minimum absolute atomic E-state index is 0.0753. The smallest absolute Gasteiger partial charge is 0.381 e. The number of carbonyl (C=O) groups excluding carboxylic acids is 2. The highest BCUT2D eigenvalue weighted by atomic mass is 19.4. The van der Waals surface area contributed by atoms with E-state index in [-0.39, 0.29) is 37.6 Å². The lowest BCUT2D eigenvalue weighted by Crippen LogP contribution is -2.58. The standard InChI is InChI=1S/C15H23F3N2O3/c1-10(21)19-12-2-3-13(15(16,17)18)20(9-12)14(22)8-11-4-6-23-7-5-11/h11-13H,2-9H2,1H3,(H,19,21). The van der Waals surface area contributed by atoms with Crippen molar-refractivity contribution >= 4 is 11.8 Å². The van der Waals surface area contributed by atoms with Gasteiger partial charge in [0.15, 0.2) is 0 Å². The number of hydrogen-bond donors (Lipinski definition) is 1. The molecule has 2 fully saturated rings. The molecular formula is C15H23F3N2O3. The lowest BCUT2D eigenvalue weighted by molar-refractivity contribution is -0.198. The molecule has 2 amide bonds. The van der Waals surface area contributed by atoms with E-state index < -0.39 is 24.2 Å². The van der Waals surface area contributed by atoms with Gasteiger partial charge in [0.1, 0.15) is 6.04 Å². The molecule has 23 heavy (non-hydrogen) atoms. The third kappa shape index (κ3) is 5.09. The largest absolute Gasteiger partial charge is 0.408 e. The Morgan fingerprint density at radius 2 is 1.83 bits per heavy atom. The summed E-state index contributed by atoms with van der Waals surface area (Å²) in [5, 5.41) is 2.62. The van der Waals surface area contributed by atoms with Crippen molar-refractivity contribution in [2.45, 2.75) is 57.3 Å². The number of piperidine rings is 1. The number of hydrogen-bond acceptors (Lipinski definition) is 3. The van der Waals surface area contributed by atoms with Gasteiger partial charge in [-0.05, 0) is 31.6 Å². The number of nitrogens with one attached hydrogen (secondary N) is 1. The van der Waals surface area contributed by atoms with Crippen LogP contribution in [0.2, 0.25) is 0 Å². The molecule has 2 aliphatic heterocycles. The molecule has 132 valence electrons. The van der Waals surface area contributed by atoms with Crippen LogP contribution in [0, 0.1) is 5.92 Å². The number of alkyl halides is 3. The second-order valence-electron chi connectivity index (χ2n) is 6.34. The highest BCUT2D eigenvalue weighted by molar-refractivity contribution is 5.77. The third-order valence-electron chi connectivity index (χ3n) is 4.49. The first-order valence-corrected chi connectivity index (χ1v) is 7.98. The van der Waals surface area contributed by atoms with Gasteiger partial charge in [0, 0.05) is 39.1 Å². The Hall–Kier alpha value is -1.31. The van der Waals surface area contributed by atoms with Crippen LogP contribution in [-0.4, -0.2) is 54.7 Å². The maximum absolute atomic E-state index is 13.2. The molecule has 0 aromatic heterocycles. The second-order valence-corrected chi connectivity index (χ2v) is 6.34. The van der Waals surface area contributed by atoms with Crippen LogP contribution in [0.4, 0.5) is 13.2 Å². The van der Waals surface area contributed by atoms with Gasteiger partial charge in [0.05, 0.1) is 0 Å². The van der Waals surface area contributed by atoms with Crippen LogP contribution >= 0.6 is 0 Å². The lowest BCUT2D eigenvalue weighted by Gasteiger charge is -2.41. The van der Waals surface area contributed by atoms with Gasteiger partial charge in [-0.25, -0.2) is 0 Å². The predicted octanol–water partition coefficient (Wildman–Crippen LogP) is 1.86. The van der Waals surface area contributed by atoms with E-state index in [2.05, 4.69) is 5.32 Å². The van der Waals surface area contributed by atoms with E-state index in [1.807, 2.05) is 0 Å². The van der Waals surface area contributed by atoms with E-state index in [0.29, 0.717) is 26.1 Å². The van der Waals surface area contributed by atoms with Crippen molar-refractivity contribution in [1.82, 2.24) is 10.2 Å². The molecule has 0 aliphatic carbocycles. The highest BCUT2D eigenvalue weighted by Crippen LogP contribution is 2.33. The Kier molecular flexibility index (Phi) is 5.89. The zero-order valence-corrected chi connectivity index (χ0v) is 13.2. The quantitative estimate of drug-likeness (QED) is 0.856. The summed E-state index contributed by atoms with van der Waals surface area (Å²) < 4.78 is 44.9. The van der Waals surface area contributed by atoms with Crippen molar-refractivity contribution in [3.63, 3.8) is 0 Å². The molecule has 1 N–H and O–H groups in total. The van der Waals surface area contributed by atoms with Gasteiger partial charge < -0.3 is 15.0 Å². The SMILES string of the molecule is CC(=O)NC1CCC(C(F)(F)F)N(C(=O)CC2CCOCC2)C1. The first-order valence-electron chi connectivity index (χ1n) is 7.98. The molecule has 0 saturated carbocycles. The fraction of sp³-hybridized carbons (Fsp3) is 0.867. The average Bonchev–Trinajstić information content (AvgIpc) is 2.46. The maximum atomic E-state index is 13.2. The summed E-state index contributed by atoms with van der Waals surface area (Å²) in [5.74, 6) is -0.696. The normalized spacial score (nSPS) is 26.9. The molecule has 2 rings (SSSR count). The van der Waals surface area contributed by atoms with Crippen LogP contribution < -0.4 is 5.32 Å². The van der Waals surface area contributed by atoms with Crippen molar-refractivity contribution < 1.29 is 27.5 Å². The molecule has 0 spiro atoms. The fourth-order valence-electron chi connectivity index (χ4n) is 3.31. The topological polar surface area (TPSA) is 58.6 Å². The summed E-state index contributed by atoms with van der Waals surface area (Å²) >= 11 is 0. The van der Waals surface area contributed by atoms with E-state index in [1.165, 1.54) is 6.92 Å². The zero-order chi connectivity index (χ0) is 17.0. The molecule has 0 radical (unpaired) electrons. The first-order chi connectivity index (χ1) is 10.8. The van der Waals surface area contributed by atoms with E-state index in [9.17, 15) is 22.8 Å². The zero-order valence-electron chi connectivity index (χ0n) is 13.2. The van der Waals surface area contributed by atoms with Crippen LogP contribution in [0.25, 0.3) is 0 Å². The molecule has 0 bridgehead atoms. The van der Waals surface area contributed by atoms with Gasteiger partial charge in [0.2, 0.25) is 11.8 Å². The van der Waals surface area contributed by atoms with Crippen LogP contribution in [0.15, 0.2) is 0 Å². The Labute approximate surface area is 133 Å². The van der Waals surface area contributed by atoms with E-state index in [1.54, 1.807) is 0 Å². The van der Waals surface area contributed by atoms with Gasteiger partial charge in [-0.1, -0.05) is 0 Å². The lowest BCUT2D eigenvalue weighted by atomic mass is 9.93. The number of ether oxygens (including phenoxy) is 1. The minimum atomic E-state index is -4.44. The maximum Gasteiger partial charge on any atom is 0.408 e. The molecule has 2 saturated heterocycles. The Balaban J connectivity index is 2.03. The van der Waals surface area contributed by atoms with Crippen LogP contribution in [0.3, 0.4) is 0 Å². The number of amides is 2. The Bertz CT molecular complexity index is 436. The number of carbonyl (C=O) groups is 2. The Morgan fingerprint density at radius 3 is 2.39 bits per heavy atom. The molecule has 2 heterocycles. The van der Waals surface area contributed by atoms with Crippen LogP contribution in [-0.2, 0) is 14.3 Å². The summed E-state index contributed by atoms with van der Waals surface area (Å²) in [6, 6.07) is -2.16. The van der Waals surface area contributed by atoms with Gasteiger partial charge in [0.25, 0.3) is 0 Å². The van der Waals surface area contributed by atoms with Crippen molar-refractivity contribution in [1.29, 1.82) is 0 Å². The van der Waals surface area contributed by atoms with Gasteiger partial charge >= 0.3 is 6.18 Å². The van der Waals surface area contributed by atoms with Crippen molar-refractivity contribution in [3.8, 4) is 0 Å². The molecule has 2 unspecified atom stereocenters. The highest BCUT2D eigenvalue weighted by Gasteiger charge is 2.48. The van der Waals surface area contributed by atoms with Crippen molar-refractivity contribution in [2.75, 3.05) is 19.8 Å². The molecule has 0 aromatic carbocycles. The fourth-order valence-corrected chi connectivity index (χ4v) is 3.31. The summed E-state index contributed by atoms with van der Waals surface area (Å²) in [4.78, 5) is 24.5. The van der Waals surface area contributed by atoms with Gasteiger partial charge in [-0.3, -0.25) is 9.59 Å². The number of rotatable bonds is 3. The molecule has 2 atom stereocenters. The third-order valence-corrected chi connectivity index (χ3v) is 4.49. The molecular weight excluding hydrogens is 313 g/mol. The number of nitrogens with zero attached hydrogens (tertiary/aromatic N) is 1. The molecule has 5 nitrogen and oxygen atoms in total. The minimum Gasteiger partial charge on any atom is -0.381 e. The molecule has 8 heteroatoms. The molecule has 2 aliphatic rings. The monoisotopic (exact) mass is 336 g/mol. The average molecular weight is 336 g/mol. The summed E-state index contributed by atoms with van der Waals surface area (Å²) in [5.41, 5.74) is 0. The predicted molar refractivity (Wildman–Crippen MR) is 76.6 cm³/mol. The van der Waals surface area contributed by atoms with Crippen LogP contribution in [0.1, 0.15) is 39.0 Å². The first kappa shape index (κ1) is 18.0. The van der Waals surface area contributed by atoms with Crippen LogP contribution in [0.5, 0.6) is 0 Å². The summed E-state index contributed by atoms with van der Waals surface area (Å²) in [6.45, 7) is 2.35. The van der Waals surface area contributed by atoms with Crippen molar-refractivity contribution in [2.24, 2.45) is 5.92 Å². The van der Waals surface area contributed by atoms with E-state index >= 15 is 0 Å². The Morgan fingerprint density at radius 1 is 1.17 bits per heavy atom. The number of halogens is 3. The number of likely N-dealkylation sites (tertiary alicyclic amines) is 1. The van der Waals surface area contributed by atoms with Gasteiger partial charge in [-0.15, -0.1) is 0 Å². The van der Waals surface area contributed by atoms with Crippen molar-refractivity contribution in [3.05, 3.63) is 0 Å². The summed E-state index contributed by atoms with van der Waals surface area (Å²) in [6.07, 6.45) is -2.87. The summed E-state index contributed by atoms with van der Waals surface area (Å²) in [7, 11) is 0. The van der Waals surface area contributed by atoms with E-state index in [0.717, 1.165) is 4.90 Å². The van der Waals surface area contributed by atoms with E-state index in [4.69, 9.17) is 4.74 Å². The second kappa shape index (κ2) is 7.51.